The van der Waals surface area contributed by atoms with E-state index in [1.165, 1.54) is 0 Å². The molecule has 0 bridgehead atoms. The third-order valence-electron chi connectivity index (χ3n) is 3.20. The minimum Gasteiger partial charge on any atom is -0.395 e. The lowest BCUT2D eigenvalue weighted by Gasteiger charge is -2.16. The van der Waals surface area contributed by atoms with Gasteiger partial charge in [0.15, 0.2) is 0 Å². The van der Waals surface area contributed by atoms with Crippen molar-refractivity contribution in [2.24, 2.45) is 0 Å². The van der Waals surface area contributed by atoms with Crippen LogP contribution in [0.25, 0.3) is 11.0 Å². The lowest BCUT2D eigenvalue weighted by atomic mass is 10.1. The number of aliphatic hydroxyl groups excluding tert-OH is 1. The second kappa shape index (κ2) is 5.19. The number of aromatic nitrogens is 2. The molecule has 0 saturated carbocycles. The van der Waals surface area contributed by atoms with Gasteiger partial charge in [-0.25, -0.2) is 4.79 Å². The van der Waals surface area contributed by atoms with Crippen LogP contribution in [-0.4, -0.2) is 31.6 Å². The zero-order valence-corrected chi connectivity index (χ0v) is 11.3. The summed E-state index contributed by atoms with van der Waals surface area (Å²) in [5.41, 5.74) is 0.710. The number of nitrogens with zero attached hydrogens (tertiary/aromatic N) is 2. The first-order valence-electron chi connectivity index (χ1n) is 6.45. The highest BCUT2D eigenvalue weighted by atomic mass is 16.3. The largest absolute Gasteiger partial charge is 0.395 e. The van der Waals surface area contributed by atoms with Crippen molar-refractivity contribution in [3.63, 3.8) is 0 Å². The summed E-state index contributed by atoms with van der Waals surface area (Å²) in [6.45, 7) is 4.13. The molecule has 2 N–H and O–H groups in total. The number of hydrogen-bond acceptors (Lipinski definition) is 3. The predicted octanol–water partition coefficient (Wildman–Crippen LogP) is 0.956. The maximum atomic E-state index is 12.3. The molecule has 0 radical (unpaired) electrons. The van der Waals surface area contributed by atoms with E-state index in [1.807, 2.05) is 24.3 Å². The number of aryl methyl sites for hydroxylation is 1. The summed E-state index contributed by atoms with van der Waals surface area (Å²) in [5.74, 6) is 0. The Labute approximate surface area is 111 Å². The minimum atomic E-state index is -0.806. The maximum absolute atomic E-state index is 12.3. The fraction of sp³-hybridized carbons (Fsp3) is 0.500. The van der Waals surface area contributed by atoms with Crippen molar-refractivity contribution in [2.75, 3.05) is 6.61 Å². The van der Waals surface area contributed by atoms with E-state index in [2.05, 4.69) is 0 Å². The lowest BCUT2D eigenvalue weighted by Crippen LogP contribution is -2.28. The number of benzene rings is 1. The summed E-state index contributed by atoms with van der Waals surface area (Å²) >= 11 is 0. The van der Waals surface area contributed by atoms with Gasteiger partial charge in [0.2, 0.25) is 0 Å². The van der Waals surface area contributed by atoms with Gasteiger partial charge >= 0.3 is 5.69 Å². The number of hydrogen-bond donors (Lipinski definition) is 2. The van der Waals surface area contributed by atoms with Crippen LogP contribution in [-0.2, 0) is 13.1 Å². The first-order valence-corrected chi connectivity index (χ1v) is 6.45. The van der Waals surface area contributed by atoms with Crippen LogP contribution in [0.15, 0.2) is 29.1 Å². The van der Waals surface area contributed by atoms with E-state index in [1.54, 1.807) is 23.0 Å². The Balaban J connectivity index is 2.48. The van der Waals surface area contributed by atoms with E-state index in [9.17, 15) is 9.90 Å². The third-order valence-corrected chi connectivity index (χ3v) is 3.20. The molecule has 104 valence electrons. The molecule has 19 heavy (non-hydrogen) atoms. The molecule has 0 aliphatic carbocycles. The monoisotopic (exact) mass is 264 g/mol. The highest BCUT2D eigenvalue weighted by molar-refractivity contribution is 5.75. The van der Waals surface area contributed by atoms with Gasteiger partial charge in [0.25, 0.3) is 0 Å². The summed E-state index contributed by atoms with van der Waals surface area (Å²) in [4.78, 5) is 12.3. The number of fused-ring (bicyclic) bond motifs is 1. The van der Waals surface area contributed by atoms with Crippen LogP contribution in [0, 0.1) is 0 Å². The zero-order chi connectivity index (χ0) is 14.0. The molecular formula is C14H20N2O3. The standard InChI is InChI=1S/C14H20N2O3/c1-14(2,19)7-8-15-11-5-3-4-6-12(11)16(9-10-17)13(15)18/h3-6,17,19H,7-10H2,1-2H3. The van der Waals surface area contributed by atoms with E-state index in [0.717, 1.165) is 11.0 Å². The van der Waals surface area contributed by atoms with Crippen molar-refractivity contribution in [1.82, 2.24) is 9.13 Å². The number of aliphatic hydroxyl groups is 2. The van der Waals surface area contributed by atoms with Crippen molar-refractivity contribution in [3.05, 3.63) is 34.7 Å². The molecule has 1 heterocycles. The average Bonchev–Trinajstić information content (AvgIpc) is 2.60. The quantitative estimate of drug-likeness (QED) is 0.845. The molecule has 2 aromatic rings. The second-order valence-corrected chi connectivity index (χ2v) is 5.36. The molecule has 5 nitrogen and oxygen atoms in total. The second-order valence-electron chi connectivity index (χ2n) is 5.36. The molecule has 0 unspecified atom stereocenters. The van der Waals surface area contributed by atoms with Crippen LogP contribution >= 0.6 is 0 Å². The highest BCUT2D eigenvalue weighted by Gasteiger charge is 2.16. The van der Waals surface area contributed by atoms with Gasteiger partial charge < -0.3 is 10.2 Å². The maximum Gasteiger partial charge on any atom is 0.329 e. The molecule has 2 rings (SSSR count). The first kappa shape index (κ1) is 13.8. The van der Waals surface area contributed by atoms with Crippen molar-refractivity contribution >= 4 is 11.0 Å². The smallest absolute Gasteiger partial charge is 0.329 e. The number of imidazole rings is 1. The lowest BCUT2D eigenvalue weighted by molar-refractivity contribution is 0.0662. The van der Waals surface area contributed by atoms with Crippen LogP contribution in [0.5, 0.6) is 0 Å². The van der Waals surface area contributed by atoms with Gasteiger partial charge in [0.1, 0.15) is 0 Å². The molecule has 0 fully saturated rings. The molecule has 0 atom stereocenters. The van der Waals surface area contributed by atoms with Gasteiger partial charge in [-0.05, 0) is 32.4 Å². The molecule has 1 aromatic carbocycles. The van der Waals surface area contributed by atoms with Crippen molar-refractivity contribution in [1.29, 1.82) is 0 Å². The Morgan fingerprint density at radius 2 is 1.63 bits per heavy atom. The predicted molar refractivity (Wildman–Crippen MR) is 74.2 cm³/mol. The van der Waals surface area contributed by atoms with Gasteiger partial charge in [0, 0.05) is 6.54 Å². The van der Waals surface area contributed by atoms with E-state index >= 15 is 0 Å². The highest BCUT2D eigenvalue weighted by Crippen LogP contribution is 2.15. The van der Waals surface area contributed by atoms with Crippen molar-refractivity contribution in [2.45, 2.75) is 39.0 Å². The van der Waals surface area contributed by atoms with Crippen LogP contribution in [0.2, 0.25) is 0 Å². The van der Waals surface area contributed by atoms with Crippen LogP contribution in [0.1, 0.15) is 20.3 Å². The van der Waals surface area contributed by atoms with Gasteiger partial charge in [-0.1, -0.05) is 12.1 Å². The summed E-state index contributed by atoms with van der Waals surface area (Å²) in [6, 6.07) is 7.50. The van der Waals surface area contributed by atoms with Crippen molar-refractivity contribution < 1.29 is 10.2 Å². The minimum absolute atomic E-state index is 0.0700. The molecule has 0 spiro atoms. The molecule has 0 amide bonds. The average molecular weight is 264 g/mol. The Kier molecular flexibility index (Phi) is 3.78. The van der Waals surface area contributed by atoms with Crippen LogP contribution in [0.4, 0.5) is 0 Å². The SMILES string of the molecule is CC(C)(O)CCn1c(=O)n(CCO)c2ccccc21. The van der Waals surface area contributed by atoms with Gasteiger partial charge in [0.05, 0.1) is 29.8 Å². The van der Waals surface area contributed by atoms with E-state index in [-0.39, 0.29) is 18.8 Å². The van der Waals surface area contributed by atoms with Gasteiger partial charge in [-0.15, -0.1) is 0 Å². The fourth-order valence-electron chi connectivity index (χ4n) is 2.19. The summed E-state index contributed by atoms with van der Waals surface area (Å²) in [6.07, 6.45) is 0.500. The zero-order valence-electron chi connectivity index (χ0n) is 11.3. The normalized spacial score (nSPS) is 12.2. The van der Waals surface area contributed by atoms with Gasteiger partial charge in [-0.2, -0.15) is 0 Å². The van der Waals surface area contributed by atoms with Crippen LogP contribution < -0.4 is 5.69 Å². The van der Waals surface area contributed by atoms with Crippen LogP contribution in [0.3, 0.4) is 0 Å². The summed E-state index contributed by atoms with van der Waals surface area (Å²) in [5, 5.41) is 18.9. The summed E-state index contributed by atoms with van der Waals surface area (Å²) < 4.78 is 3.22. The van der Waals surface area contributed by atoms with E-state index < -0.39 is 5.60 Å². The Morgan fingerprint density at radius 1 is 1.11 bits per heavy atom. The molecule has 0 aliphatic rings. The molecule has 5 heteroatoms. The van der Waals surface area contributed by atoms with E-state index in [4.69, 9.17) is 5.11 Å². The molecule has 0 saturated heterocycles. The fourth-order valence-corrected chi connectivity index (χ4v) is 2.19. The first-order chi connectivity index (χ1) is 8.94. The Hall–Kier alpha value is -1.59. The Bertz CT molecular complexity index is 620. The third kappa shape index (κ3) is 2.88. The molecule has 1 aromatic heterocycles. The van der Waals surface area contributed by atoms with Crippen molar-refractivity contribution in [3.8, 4) is 0 Å². The summed E-state index contributed by atoms with van der Waals surface area (Å²) in [7, 11) is 0. The number of rotatable bonds is 5. The molecule has 0 aliphatic heterocycles. The van der Waals surface area contributed by atoms with Gasteiger partial charge in [-0.3, -0.25) is 9.13 Å². The number of para-hydroxylation sites is 2. The van der Waals surface area contributed by atoms with E-state index in [0.29, 0.717) is 13.0 Å². The molecular weight excluding hydrogens is 244 g/mol. The topological polar surface area (TPSA) is 67.4 Å². The Morgan fingerprint density at radius 3 is 2.11 bits per heavy atom.